The van der Waals surface area contributed by atoms with Gasteiger partial charge in [0.05, 0.1) is 23.8 Å². The summed E-state index contributed by atoms with van der Waals surface area (Å²) in [5.74, 6) is 0.838. The standard InChI is InChI=1S/C25H18N2O/c1-28-19-11-9-18(10-12-19)24-16-21(17-6-3-2-4-7-17)25-20-8-5-15-26-22(20)13-14-23(25)27-24/h2-16H,1H3. The fraction of sp³-hybridized carbons (Fsp3) is 0.0400. The summed E-state index contributed by atoms with van der Waals surface area (Å²) < 4.78 is 5.29. The Kier molecular flexibility index (Phi) is 3.99. The SMILES string of the molecule is COc1ccc(-c2cc(-c3ccccc3)c3c(ccc4ncccc43)n2)cc1. The van der Waals surface area contributed by atoms with Crippen molar-refractivity contribution in [2.24, 2.45) is 0 Å². The minimum absolute atomic E-state index is 0.838. The van der Waals surface area contributed by atoms with E-state index in [0.29, 0.717) is 0 Å². The molecule has 3 aromatic carbocycles. The van der Waals surface area contributed by atoms with Crippen molar-refractivity contribution < 1.29 is 4.74 Å². The van der Waals surface area contributed by atoms with E-state index in [1.165, 1.54) is 5.56 Å². The van der Waals surface area contributed by atoms with Crippen LogP contribution in [0.15, 0.2) is 91.1 Å². The third-order valence-corrected chi connectivity index (χ3v) is 5.02. The lowest BCUT2D eigenvalue weighted by atomic mass is 9.96. The number of benzene rings is 3. The topological polar surface area (TPSA) is 35.0 Å². The summed E-state index contributed by atoms with van der Waals surface area (Å²) in [4.78, 5) is 9.49. The number of fused-ring (bicyclic) bond motifs is 3. The van der Waals surface area contributed by atoms with Gasteiger partial charge in [0.2, 0.25) is 0 Å². The largest absolute Gasteiger partial charge is 0.497 e. The second-order valence-corrected chi connectivity index (χ2v) is 6.68. The molecule has 0 saturated heterocycles. The Balaban J connectivity index is 1.84. The average Bonchev–Trinajstić information content (AvgIpc) is 2.79. The third kappa shape index (κ3) is 2.78. The van der Waals surface area contributed by atoms with Crippen molar-refractivity contribution in [1.82, 2.24) is 9.97 Å². The van der Waals surface area contributed by atoms with Crippen molar-refractivity contribution in [3.05, 3.63) is 91.1 Å². The lowest BCUT2D eigenvalue weighted by Crippen LogP contribution is -1.92. The highest BCUT2D eigenvalue weighted by atomic mass is 16.5. The van der Waals surface area contributed by atoms with Gasteiger partial charge in [0, 0.05) is 22.5 Å². The van der Waals surface area contributed by atoms with Gasteiger partial charge >= 0.3 is 0 Å². The van der Waals surface area contributed by atoms with E-state index in [0.717, 1.165) is 44.4 Å². The Hall–Kier alpha value is -3.72. The van der Waals surface area contributed by atoms with E-state index >= 15 is 0 Å². The quantitative estimate of drug-likeness (QED) is 0.362. The van der Waals surface area contributed by atoms with Gasteiger partial charge in [-0.05, 0) is 59.7 Å². The molecule has 3 nitrogen and oxygen atoms in total. The van der Waals surface area contributed by atoms with Crippen molar-refractivity contribution >= 4 is 21.8 Å². The number of hydrogen-bond donors (Lipinski definition) is 0. The Morgan fingerprint density at radius 3 is 2.29 bits per heavy atom. The summed E-state index contributed by atoms with van der Waals surface area (Å²) in [6, 6.07) is 28.8. The number of ether oxygens (including phenoxy) is 1. The molecule has 3 heteroatoms. The number of hydrogen-bond acceptors (Lipinski definition) is 3. The highest BCUT2D eigenvalue weighted by Gasteiger charge is 2.13. The molecular formula is C25H18N2O. The molecule has 2 aromatic heterocycles. The minimum atomic E-state index is 0.838. The van der Waals surface area contributed by atoms with E-state index in [2.05, 4.69) is 47.4 Å². The molecule has 134 valence electrons. The first-order valence-electron chi connectivity index (χ1n) is 9.22. The maximum absolute atomic E-state index is 5.29. The first-order valence-corrected chi connectivity index (χ1v) is 9.22. The van der Waals surface area contributed by atoms with Crippen LogP contribution in [0.1, 0.15) is 0 Å². The van der Waals surface area contributed by atoms with Crippen molar-refractivity contribution in [2.45, 2.75) is 0 Å². The molecule has 28 heavy (non-hydrogen) atoms. The summed E-state index contributed by atoms with van der Waals surface area (Å²) in [6.45, 7) is 0. The van der Waals surface area contributed by atoms with E-state index in [1.54, 1.807) is 7.11 Å². The molecule has 0 spiro atoms. The van der Waals surface area contributed by atoms with E-state index in [4.69, 9.17) is 9.72 Å². The fourth-order valence-electron chi connectivity index (χ4n) is 3.64. The monoisotopic (exact) mass is 362 g/mol. The van der Waals surface area contributed by atoms with Crippen LogP contribution in [0.4, 0.5) is 0 Å². The van der Waals surface area contributed by atoms with Crippen LogP contribution in [-0.2, 0) is 0 Å². The van der Waals surface area contributed by atoms with Crippen molar-refractivity contribution in [3.63, 3.8) is 0 Å². The predicted molar refractivity (Wildman–Crippen MR) is 114 cm³/mol. The highest BCUT2D eigenvalue weighted by Crippen LogP contribution is 2.36. The van der Waals surface area contributed by atoms with Gasteiger partial charge in [0.15, 0.2) is 0 Å². The predicted octanol–water partition coefficient (Wildman–Crippen LogP) is 6.13. The van der Waals surface area contributed by atoms with Gasteiger partial charge in [0.1, 0.15) is 5.75 Å². The fourth-order valence-corrected chi connectivity index (χ4v) is 3.64. The van der Waals surface area contributed by atoms with Crippen molar-refractivity contribution in [2.75, 3.05) is 7.11 Å². The van der Waals surface area contributed by atoms with Crippen LogP contribution >= 0.6 is 0 Å². The first-order chi connectivity index (χ1) is 13.8. The van der Waals surface area contributed by atoms with Gasteiger partial charge in [-0.2, -0.15) is 0 Å². The van der Waals surface area contributed by atoms with E-state index in [1.807, 2.05) is 48.7 Å². The maximum Gasteiger partial charge on any atom is 0.118 e. The average molecular weight is 362 g/mol. The number of aromatic nitrogens is 2. The van der Waals surface area contributed by atoms with Gasteiger partial charge in [-0.3, -0.25) is 4.98 Å². The van der Waals surface area contributed by atoms with Crippen LogP contribution in [0.3, 0.4) is 0 Å². The third-order valence-electron chi connectivity index (χ3n) is 5.02. The summed E-state index contributed by atoms with van der Waals surface area (Å²) in [5.41, 5.74) is 6.28. The van der Waals surface area contributed by atoms with E-state index < -0.39 is 0 Å². The Morgan fingerprint density at radius 2 is 1.50 bits per heavy atom. The lowest BCUT2D eigenvalue weighted by Gasteiger charge is -2.13. The molecule has 5 aromatic rings. The van der Waals surface area contributed by atoms with Gasteiger partial charge in [-0.25, -0.2) is 4.98 Å². The maximum atomic E-state index is 5.29. The van der Waals surface area contributed by atoms with Crippen molar-refractivity contribution in [1.29, 1.82) is 0 Å². The first kappa shape index (κ1) is 16.5. The van der Waals surface area contributed by atoms with Crippen LogP contribution < -0.4 is 4.74 Å². The molecule has 5 rings (SSSR count). The zero-order valence-corrected chi connectivity index (χ0v) is 15.5. The molecule has 0 aliphatic heterocycles. The molecule has 0 aliphatic carbocycles. The van der Waals surface area contributed by atoms with Gasteiger partial charge in [-0.1, -0.05) is 36.4 Å². The Bertz CT molecular complexity index is 1280. The zero-order valence-electron chi connectivity index (χ0n) is 15.5. The number of pyridine rings is 2. The molecule has 0 bridgehead atoms. The van der Waals surface area contributed by atoms with Crippen LogP contribution in [0.25, 0.3) is 44.2 Å². The highest BCUT2D eigenvalue weighted by molar-refractivity contribution is 6.12. The van der Waals surface area contributed by atoms with Crippen molar-refractivity contribution in [3.8, 4) is 28.1 Å². The molecule has 0 atom stereocenters. The van der Waals surface area contributed by atoms with Crippen LogP contribution in [0, 0.1) is 0 Å². The molecule has 0 saturated carbocycles. The summed E-state index contributed by atoms with van der Waals surface area (Å²) in [6.07, 6.45) is 1.83. The van der Waals surface area contributed by atoms with Crippen LogP contribution in [0.2, 0.25) is 0 Å². The molecule has 0 fully saturated rings. The molecule has 0 unspecified atom stereocenters. The van der Waals surface area contributed by atoms with E-state index in [9.17, 15) is 0 Å². The molecule has 2 heterocycles. The summed E-state index contributed by atoms with van der Waals surface area (Å²) >= 11 is 0. The normalized spacial score (nSPS) is 11.0. The molecule has 0 N–H and O–H groups in total. The Morgan fingerprint density at radius 1 is 0.714 bits per heavy atom. The number of rotatable bonds is 3. The summed E-state index contributed by atoms with van der Waals surface area (Å²) in [5, 5.41) is 2.25. The van der Waals surface area contributed by atoms with Crippen LogP contribution in [0.5, 0.6) is 5.75 Å². The Labute approximate surface area is 163 Å². The number of nitrogens with zero attached hydrogens (tertiary/aromatic N) is 2. The molecule has 0 aliphatic rings. The smallest absolute Gasteiger partial charge is 0.118 e. The second kappa shape index (κ2) is 6.78. The molecule has 0 amide bonds. The second-order valence-electron chi connectivity index (χ2n) is 6.68. The number of methoxy groups -OCH3 is 1. The minimum Gasteiger partial charge on any atom is -0.497 e. The zero-order chi connectivity index (χ0) is 18.9. The molecular weight excluding hydrogens is 344 g/mol. The molecule has 0 radical (unpaired) electrons. The lowest BCUT2D eigenvalue weighted by molar-refractivity contribution is 0.415. The summed E-state index contributed by atoms with van der Waals surface area (Å²) in [7, 11) is 1.68. The van der Waals surface area contributed by atoms with Crippen LogP contribution in [-0.4, -0.2) is 17.1 Å². The van der Waals surface area contributed by atoms with E-state index in [-0.39, 0.29) is 0 Å². The van der Waals surface area contributed by atoms with Gasteiger partial charge in [-0.15, -0.1) is 0 Å². The van der Waals surface area contributed by atoms with Gasteiger partial charge < -0.3 is 4.74 Å². The van der Waals surface area contributed by atoms with Gasteiger partial charge in [0.25, 0.3) is 0 Å².